The molecule has 0 heterocycles. The van der Waals surface area contributed by atoms with Crippen molar-refractivity contribution in [1.82, 2.24) is 0 Å². The van der Waals surface area contributed by atoms with E-state index >= 15 is 0 Å². The van der Waals surface area contributed by atoms with E-state index < -0.39 is 26.8 Å². The van der Waals surface area contributed by atoms with Crippen molar-refractivity contribution < 1.29 is 20.9 Å². The molecule has 2 aliphatic rings. The van der Waals surface area contributed by atoms with Crippen LogP contribution in [0.2, 0.25) is 19.3 Å². The maximum atomic E-state index is 2.63. The van der Waals surface area contributed by atoms with Crippen LogP contribution < -0.4 is 0 Å². The molecule has 0 nitrogen and oxygen atoms in total. The van der Waals surface area contributed by atoms with Crippen molar-refractivity contribution >= 4 is 30.7 Å². The molecular weight excluding hydrogens is 406 g/mol. The van der Waals surface area contributed by atoms with Gasteiger partial charge in [0.15, 0.2) is 0 Å². The second-order valence-electron chi connectivity index (χ2n) is 6.95. The van der Waals surface area contributed by atoms with Crippen molar-refractivity contribution in [2.24, 2.45) is 0 Å². The van der Waals surface area contributed by atoms with Crippen LogP contribution in [0, 0.1) is 0 Å². The van der Waals surface area contributed by atoms with E-state index in [-0.39, 0.29) is 24.8 Å². The third-order valence-corrected chi connectivity index (χ3v) is 29.1. The first-order chi connectivity index (χ1) is 9.34. The van der Waals surface area contributed by atoms with Gasteiger partial charge >= 0.3 is 134 Å². The SMILES string of the molecule is CCC1=C[C](C)([Zr]([SiH](C)C)[C]2(C)C=CC(CC)=C2)C=C1.Cl.Cl. The van der Waals surface area contributed by atoms with E-state index in [1.807, 2.05) is 0 Å². The van der Waals surface area contributed by atoms with Crippen molar-refractivity contribution in [3.8, 4) is 0 Å². The largest absolute Gasteiger partial charge is 0.147 e. The standard InChI is InChI=1S/2C8H11.C2H7Si.2ClH.Zr/c2*1-3-8-5-4-7(2)6-8;1-3-2;;;/h2*4-6H,3H2,1-2H3;3H,1-2H3;2*1H;. The van der Waals surface area contributed by atoms with Crippen LogP contribution in [0.5, 0.6) is 0 Å². The summed E-state index contributed by atoms with van der Waals surface area (Å²) in [5.41, 5.74) is 3.12. The minimum Gasteiger partial charge on any atom is -0.147 e. The van der Waals surface area contributed by atoms with Crippen LogP contribution in [-0.4, -0.2) is 5.92 Å². The fourth-order valence-corrected chi connectivity index (χ4v) is 32.9. The van der Waals surface area contributed by atoms with Crippen LogP contribution in [-0.2, 0) is 20.9 Å². The van der Waals surface area contributed by atoms with Crippen LogP contribution in [0.15, 0.2) is 47.6 Å². The molecule has 4 heteroatoms. The van der Waals surface area contributed by atoms with Gasteiger partial charge in [-0.1, -0.05) is 0 Å². The molecule has 0 aromatic rings. The Balaban J connectivity index is 0.00000220. The van der Waals surface area contributed by atoms with Crippen molar-refractivity contribution in [2.45, 2.75) is 59.9 Å². The molecule has 0 saturated carbocycles. The maximum absolute atomic E-state index is 2.63. The van der Waals surface area contributed by atoms with E-state index in [2.05, 4.69) is 77.2 Å². The first-order valence-corrected chi connectivity index (χ1v) is 17.6. The molecule has 0 aliphatic heterocycles. The van der Waals surface area contributed by atoms with E-state index in [0.29, 0.717) is 6.25 Å². The minimum atomic E-state index is -1.63. The Kier molecular flexibility index (Phi) is 8.90. The van der Waals surface area contributed by atoms with Crippen LogP contribution >= 0.6 is 24.8 Å². The molecule has 0 bridgehead atoms. The molecule has 0 fully saturated rings. The second kappa shape index (κ2) is 8.65. The predicted molar refractivity (Wildman–Crippen MR) is 105 cm³/mol. The smallest absolute Gasteiger partial charge is 0.147 e. The molecule has 2 rings (SSSR count). The van der Waals surface area contributed by atoms with E-state index in [4.69, 9.17) is 0 Å². The molecule has 0 aromatic carbocycles. The van der Waals surface area contributed by atoms with Crippen LogP contribution in [0.25, 0.3) is 0 Å². The molecule has 0 N–H and O–H groups in total. The first-order valence-electron chi connectivity index (χ1n) is 8.04. The molecule has 2 unspecified atom stereocenters. The molecule has 0 amide bonds. The summed E-state index contributed by atoms with van der Waals surface area (Å²) >= 11 is -1.63. The van der Waals surface area contributed by atoms with E-state index in [1.165, 1.54) is 12.8 Å². The number of hydrogen-bond acceptors (Lipinski definition) is 0. The molecule has 0 spiro atoms. The molecule has 0 aromatic heterocycles. The normalized spacial score (nSPS) is 29.0. The molecule has 0 radical (unpaired) electrons. The van der Waals surface area contributed by atoms with Crippen LogP contribution in [0.1, 0.15) is 40.5 Å². The van der Waals surface area contributed by atoms with Gasteiger partial charge in [-0.3, -0.25) is 0 Å². The van der Waals surface area contributed by atoms with Gasteiger partial charge in [-0.05, 0) is 0 Å². The molecule has 2 atom stereocenters. The van der Waals surface area contributed by atoms with Gasteiger partial charge in [-0.15, -0.1) is 24.8 Å². The molecule has 0 saturated heterocycles. The van der Waals surface area contributed by atoms with Gasteiger partial charge in [-0.2, -0.15) is 0 Å². The molecule has 125 valence electrons. The molecular formula is C18H31Cl2SiZr. The Hall–Kier alpha value is 0.640. The molecule has 2 aliphatic carbocycles. The van der Waals surface area contributed by atoms with Crippen molar-refractivity contribution in [2.75, 3.05) is 0 Å². The minimum absolute atomic E-state index is 0. The number of rotatable bonds is 5. The van der Waals surface area contributed by atoms with Crippen molar-refractivity contribution in [1.29, 1.82) is 0 Å². The van der Waals surface area contributed by atoms with Crippen molar-refractivity contribution in [3.05, 3.63) is 47.6 Å². The summed E-state index contributed by atoms with van der Waals surface area (Å²) in [5.74, 6) is -0.598. The van der Waals surface area contributed by atoms with Gasteiger partial charge in [0, 0.05) is 0 Å². The van der Waals surface area contributed by atoms with Gasteiger partial charge in [0.05, 0.1) is 0 Å². The first kappa shape index (κ1) is 22.6. The van der Waals surface area contributed by atoms with Gasteiger partial charge < -0.3 is 0 Å². The summed E-state index contributed by atoms with van der Waals surface area (Å²) in [6, 6.07) is 0. The summed E-state index contributed by atoms with van der Waals surface area (Å²) < 4.78 is 0.875. The average Bonchev–Trinajstić information content (AvgIpc) is 2.93. The quantitative estimate of drug-likeness (QED) is 0.425. The number of allylic oxidation sites excluding steroid dienone is 8. The van der Waals surface area contributed by atoms with Crippen molar-refractivity contribution in [3.63, 3.8) is 0 Å². The molecule has 22 heavy (non-hydrogen) atoms. The van der Waals surface area contributed by atoms with Crippen LogP contribution in [0.4, 0.5) is 0 Å². The van der Waals surface area contributed by atoms with Gasteiger partial charge in [-0.25, -0.2) is 0 Å². The Morgan fingerprint density at radius 1 is 0.864 bits per heavy atom. The summed E-state index contributed by atoms with van der Waals surface area (Å²) in [6.07, 6.45) is 17.6. The Labute approximate surface area is 158 Å². The zero-order valence-corrected chi connectivity index (χ0v) is 20.0. The van der Waals surface area contributed by atoms with Gasteiger partial charge in [0.25, 0.3) is 0 Å². The summed E-state index contributed by atoms with van der Waals surface area (Å²) in [6.45, 7) is 14.8. The maximum Gasteiger partial charge on any atom is -0.147 e. The second-order valence-corrected chi connectivity index (χ2v) is 28.5. The average molecular weight is 438 g/mol. The summed E-state index contributed by atoms with van der Waals surface area (Å²) in [5, 5.41) is 0. The van der Waals surface area contributed by atoms with Crippen LogP contribution in [0.3, 0.4) is 0 Å². The third-order valence-electron chi connectivity index (χ3n) is 4.81. The number of hydrogen-bond donors (Lipinski definition) is 0. The van der Waals surface area contributed by atoms with E-state index in [1.54, 1.807) is 11.1 Å². The zero-order chi connectivity index (χ0) is 15.0. The third kappa shape index (κ3) is 4.38. The van der Waals surface area contributed by atoms with E-state index in [0.717, 1.165) is 0 Å². The fourth-order valence-electron chi connectivity index (χ4n) is 4.12. The summed E-state index contributed by atoms with van der Waals surface area (Å²) in [7, 11) is 0. The summed E-state index contributed by atoms with van der Waals surface area (Å²) in [4.78, 5) is 0. The van der Waals surface area contributed by atoms with E-state index in [9.17, 15) is 0 Å². The van der Waals surface area contributed by atoms with Gasteiger partial charge in [0.2, 0.25) is 0 Å². The monoisotopic (exact) mass is 435 g/mol. The topological polar surface area (TPSA) is 0 Å². The Bertz CT molecular complexity index is 465. The van der Waals surface area contributed by atoms with Gasteiger partial charge in [0.1, 0.15) is 0 Å². The Morgan fingerprint density at radius 2 is 1.23 bits per heavy atom. The zero-order valence-electron chi connectivity index (χ0n) is 14.8. The fraction of sp³-hybridized carbons (Fsp3) is 0.556. The predicted octanol–water partition coefficient (Wildman–Crippen LogP) is 6.60. The number of halogens is 2. The Morgan fingerprint density at radius 3 is 1.45 bits per heavy atom.